The molecule has 19 heavy (non-hydrogen) atoms. The van der Waals surface area contributed by atoms with Crippen molar-refractivity contribution in [3.63, 3.8) is 0 Å². The SMILES string of the molecule is CC[Si](CC)(CCCCl)O[Si](CC)(CC)CCCCl. The summed E-state index contributed by atoms with van der Waals surface area (Å²) < 4.78 is 6.99. The number of hydrogen-bond donors (Lipinski definition) is 0. The number of hydrogen-bond acceptors (Lipinski definition) is 1. The Kier molecular flexibility index (Phi) is 11.2. The van der Waals surface area contributed by atoms with Gasteiger partial charge in [-0.2, -0.15) is 0 Å². The van der Waals surface area contributed by atoms with Gasteiger partial charge in [0.2, 0.25) is 0 Å². The van der Waals surface area contributed by atoms with Crippen LogP contribution in [0.5, 0.6) is 0 Å². The number of rotatable bonds is 12. The molecule has 0 aromatic heterocycles. The lowest BCUT2D eigenvalue weighted by molar-refractivity contribution is 0.501. The Morgan fingerprint density at radius 1 is 0.684 bits per heavy atom. The van der Waals surface area contributed by atoms with Crippen LogP contribution in [0, 0.1) is 0 Å². The summed E-state index contributed by atoms with van der Waals surface area (Å²) in [7, 11) is -3.12. The van der Waals surface area contributed by atoms with E-state index >= 15 is 0 Å². The summed E-state index contributed by atoms with van der Waals surface area (Å²) in [6, 6.07) is 7.40. The van der Waals surface area contributed by atoms with Gasteiger partial charge in [0.05, 0.1) is 0 Å². The van der Waals surface area contributed by atoms with Crippen LogP contribution in [0.15, 0.2) is 0 Å². The first kappa shape index (κ1) is 20.0. The standard InChI is InChI=1S/C14H32Cl2OSi2/c1-5-18(6-2,13-9-11-15)17-19(7-3,8-4)14-10-12-16/h5-14H2,1-4H3. The quantitative estimate of drug-likeness (QED) is 0.301. The van der Waals surface area contributed by atoms with Crippen LogP contribution in [-0.4, -0.2) is 28.4 Å². The van der Waals surface area contributed by atoms with Crippen molar-refractivity contribution >= 4 is 39.8 Å². The molecule has 0 rings (SSSR count). The van der Waals surface area contributed by atoms with E-state index in [4.69, 9.17) is 27.3 Å². The number of halogens is 2. The van der Waals surface area contributed by atoms with Crippen LogP contribution in [0.3, 0.4) is 0 Å². The average Bonchev–Trinajstić information content (AvgIpc) is 2.48. The molecule has 0 saturated carbocycles. The fraction of sp³-hybridized carbons (Fsp3) is 1.00. The van der Waals surface area contributed by atoms with Gasteiger partial charge in [-0.1, -0.05) is 27.7 Å². The molecule has 0 atom stereocenters. The van der Waals surface area contributed by atoms with Gasteiger partial charge in [0.25, 0.3) is 0 Å². The first-order chi connectivity index (χ1) is 9.07. The first-order valence-electron chi connectivity index (χ1n) is 7.89. The second kappa shape index (κ2) is 10.7. The Labute approximate surface area is 132 Å². The molecular weight excluding hydrogens is 311 g/mol. The van der Waals surface area contributed by atoms with E-state index in [0.717, 1.165) is 24.6 Å². The van der Waals surface area contributed by atoms with Crippen LogP contribution < -0.4 is 0 Å². The fourth-order valence-electron chi connectivity index (χ4n) is 2.84. The lowest BCUT2D eigenvalue weighted by Crippen LogP contribution is -2.50. The lowest BCUT2D eigenvalue weighted by Gasteiger charge is -2.41. The Morgan fingerprint density at radius 2 is 1.00 bits per heavy atom. The molecule has 0 unspecified atom stereocenters. The molecule has 116 valence electrons. The van der Waals surface area contributed by atoms with Crippen molar-refractivity contribution in [3.05, 3.63) is 0 Å². The van der Waals surface area contributed by atoms with Crippen LogP contribution in [0.2, 0.25) is 36.3 Å². The summed E-state index contributed by atoms with van der Waals surface area (Å²) in [5.74, 6) is 1.54. The molecule has 0 aromatic carbocycles. The zero-order chi connectivity index (χ0) is 14.8. The van der Waals surface area contributed by atoms with Gasteiger partial charge in [-0.15, -0.1) is 23.2 Å². The van der Waals surface area contributed by atoms with Crippen molar-refractivity contribution in [1.29, 1.82) is 0 Å². The maximum Gasteiger partial charge on any atom is 0.179 e. The number of alkyl halides is 2. The van der Waals surface area contributed by atoms with Crippen molar-refractivity contribution in [2.45, 2.75) is 76.8 Å². The maximum absolute atomic E-state index is 6.99. The highest BCUT2D eigenvalue weighted by atomic mass is 35.5. The molecule has 0 aromatic rings. The van der Waals surface area contributed by atoms with Crippen molar-refractivity contribution < 1.29 is 4.12 Å². The molecule has 0 aliphatic heterocycles. The molecule has 0 N–H and O–H groups in total. The molecule has 0 aliphatic carbocycles. The molecule has 0 aliphatic rings. The molecule has 0 radical (unpaired) electrons. The van der Waals surface area contributed by atoms with Crippen LogP contribution >= 0.6 is 23.2 Å². The third-order valence-corrected chi connectivity index (χ3v) is 16.2. The van der Waals surface area contributed by atoms with Gasteiger partial charge in [-0.3, -0.25) is 0 Å². The van der Waals surface area contributed by atoms with Gasteiger partial charge >= 0.3 is 0 Å². The van der Waals surface area contributed by atoms with Gasteiger partial charge in [-0.25, -0.2) is 0 Å². The highest BCUT2D eigenvalue weighted by Crippen LogP contribution is 2.34. The maximum atomic E-state index is 6.99. The second-order valence-electron chi connectivity index (χ2n) is 5.47. The highest BCUT2D eigenvalue weighted by Gasteiger charge is 2.40. The van der Waals surface area contributed by atoms with Crippen molar-refractivity contribution in [2.24, 2.45) is 0 Å². The van der Waals surface area contributed by atoms with E-state index in [2.05, 4.69) is 27.7 Å². The molecule has 0 heterocycles. The van der Waals surface area contributed by atoms with Gasteiger partial charge in [0, 0.05) is 11.8 Å². The monoisotopic (exact) mass is 342 g/mol. The molecular formula is C14H32Cl2OSi2. The molecule has 0 bridgehead atoms. The molecule has 0 fully saturated rings. The van der Waals surface area contributed by atoms with E-state index in [-0.39, 0.29) is 0 Å². The van der Waals surface area contributed by atoms with Crippen molar-refractivity contribution in [2.75, 3.05) is 11.8 Å². The Hall–Kier alpha value is 0.974. The smallest absolute Gasteiger partial charge is 0.179 e. The van der Waals surface area contributed by atoms with E-state index in [1.54, 1.807) is 0 Å². The predicted octanol–water partition coefficient (Wildman–Crippen LogP) is 6.23. The normalized spacial score (nSPS) is 12.9. The van der Waals surface area contributed by atoms with Crippen molar-refractivity contribution in [3.8, 4) is 0 Å². The van der Waals surface area contributed by atoms with Crippen LogP contribution in [-0.2, 0) is 4.12 Å². The molecule has 5 heteroatoms. The van der Waals surface area contributed by atoms with Crippen LogP contribution in [0.4, 0.5) is 0 Å². The minimum absolute atomic E-state index is 0.770. The van der Waals surface area contributed by atoms with Gasteiger partial charge in [-0.05, 0) is 49.1 Å². The first-order valence-corrected chi connectivity index (χ1v) is 14.0. The fourth-order valence-corrected chi connectivity index (χ4v) is 14.4. The predicted molar refractivity (Wildman–Crippen MR) is 94.8 cm³/mol. The topological polar surface area (TPSA) is 9.23 Å². The second-order valence-corrected chi connectivity index (χ2v) is 15.6. The van der Waals surface area contributed by atoms with E-state index in [9.17, 15) is 0 Å². The Bertz CT molecular complexity index is 197. The third kappa shape index (κ3) is 6.51. The van der Waals surface area contributed by atoms with Crippen molar-refractivity contribution in [1.82, 2.24) is 0 Å². The van der Waals surface area contributed by atoms with E-state index in [1.807, 2.05) is 0 Å². The van der Waals surface area contributed by atoms with Gasteiger partial charge < -0.3 is 4.12 Å². The van der Waals surface area contributed by atoms with Crippen LogP contribution in [0.25, 0.3) is 0 Å². The average molecular weight is 343 g/mol. The summed E-state index contributed by atoms with van der Waals surface area (Å²) >= 11 is 11.8. The summed E-state index contributed by atoms with van der Waals surface area (Å²) in [6.45, 7) is 9.26. The van der Waals surface area contributed by atoms with Gasteiger partial charge in [0.1, 0.15) is 0 Å². The molecule has 1 nitrogen and oxygen atoms in total. The minimum Gasteiger partial charge on any atom is -0.455 e. The van der Waals surface area contributed by atoms with Gasteiger partial charge in [0.15, 0.2) is 16.6 Å². The van der Waals surface area contributed by atoms with E-state index in [1.165, 1.54) is 36.3 Å². The minimum atomic E-state index is -1.56. The third-order valence-electron chi connectivity index (χ3n) is 4.54. The Morgan fingerprint density at radius 3 is 1.21 bits per heavy atom. The summed E-state index contributed by atoms with van der Waals surface area (Å²) in [5.41, 5.74) is 0. The molecule has 0 saturated heterocycles. The van der Waals surface area contributed by atoms with Crippen LogP contribution in [0.1, 0.15) is 40.5 Å². The summed E-state index contributed by atoms with van der Waals surface area (Å²) in [5, 5.41) is 0. The zero-order valence-corrected chi connectivity index (χ0v) is 16.7. The summed E-state index contributed by atoms with van der Waals surface area (Å²) in [4.78, 5) is 0. The van der Waals surface area contributed by atoms with E-state index < -0.39 is 16.6 Å². The molecule has 0 spiro atoms. The summed E-state index contributed by atoms with van der Waals surface area (Å²) in [6.07, 6.45) is 2.23. The molecule has 0 amide bonds. The Balaban J connectivity index is 4.90. The van der Waals surface area contributed by atoms with E-state index in [0.29, 0.717) is 0 Å². The lowest BCUT2D eigenvalue weighted by atomic mass is 10.6. The zero-order valence-electron chi connectivity index (χ0n) is 13.2. The highest BCUT2D eigenvalue weighted by molar-refractivity contribution is 6.87. The largest absolute Gasteiger partial charge is 0.455 e.